The monoisotopic (exact) mass is 226 g/mol. The van der Waals surface area contributed by atoms with E-state index in [1.54, 1.807) is 0 Å². The molecule has 0 radical (unpaired) electrons. The van der Waals surface area contributed by atoms with Crippen LogP contribution in [0.25, 0.3) is 0 Å². The Morgan fingerprint density at radius 1 is 1.46 bits per heavy atom. The van der Waals surface area contributed by atoms with Crippen molar-refractivity contribution in [2.24, 2.45) is 11.3 Å². The molecule has 0 fully saturated rings. The lowest BCUT2D eigenvalue weighted by Crippen LogP contribution is -2.24. The zero-order valence-corrected chi connectivity index (χ0v) is 9.53. The molecule has 0 aliphatic carbocycles. The lowest BCUT2D eigenvalue weighted by Gasteiger charge is -2.24. The number of hydrogen-bond acceptors (Lipinski definition) is 1. The Morgan fingerprint density at radius 3 is 2.31 bits per heavy atom. The number of rotatable bonds is 6. The van der Waals surface area contributed by atoms with Crippen LogP contribution in [0.4, 0.5) is 0 Å². The third kappa shape index (κ3) is 5.37. The van der Waals surface area contributed by atoms with Crippen molar-refractivity contribution in [2.75, 3.05) is 11.8 Å². The minimum absolute atomic E-state index is 0.128. The molecule has 0 rings (SSSR count). The van der Waals surface area contributed by atoms with Crippen LogP contribution in [-0.2, 0) is 4.79 Å². The third-order valence-corrected chi connectivity index (χ3v) is 2.91. The normalized spacial score (nSPS) is 14.2. The van der Waals surface area contributed by atoms with Crippen LogP contribution in [0.15, 0.2) is 0 Å². The van der Waals surface area contributed by atoms with E-state index in [0.717, 1.165) is 0 Å². The van der Waals surface area contributed by atoms with Crippen molar-refractivity contribution in [2.45, 2.75) is 26.7 Å². The lowest BCUT2D eigenvalue weighted by atomic mass is 9.83. The van der Waals surface area contributed by atoms with Crippen LogP contribution >= 0.6 is 23.2 Å². The molecular weight excluding hydrogens is 211 g/mol. The molecule has 0 saturated carbocycles. The van der Waals surface area contributed by atoms with Crippen LogP contribution in [0.3, 0.4) is 0 Å². The Morgan fingerprint density at radius 2 is 2.00 bits per heavy atom. The smallest absolute Gasteiger partial charge is 0.306 e. The number of alkyl halides is 2. The van der Waals surface area contributed by atoms with Crippen LogP contribution < -0.4 is 0 Å². The Labute approximate surface area is 89.2 Å². The first-order chi connectivity index (χ1) is 5.93. The van der Waals surface area contributed by atoms with Crippen LogP contribution in [-0.4, -0.2) is 22.8 Å². The number of carboxylic acids is 1. The van der Waals surface area contributed by atoms with E-state index < -0.39 is 5.97 Å². The van der Waals surface area contributed by atoms with E-state index in [1.807, 2.05) is 13.8 Å². The molecule has 4 heteroatoms. The fourth-order valence-electron chi connectivity index (χ4n) is 1.17. The number of halogens is 2. The van der Waals surface area contributed by atoms with Crippen molar-refractivity contribution in [3.8, 4) is 0 Å². The first-order valence-corrected chi connectivity index (χ1v) is 5.34. The molecule has 0 aromatic carbocycles. The average Bonchev–Trinajstić information content (AvgIpc) is 2.03. The molecule has 2 nitrogen and oxygen atoms in total. The summed E-state index contributed by atoms with van der Waals surface area (Å²) in [5.74, 6) is -0.293. The summed E-state index contributed by atoms with van der Waals surface area (Å²) in [6.07, 6.45) is 1.09. The first kappa shape index (κ1) is 13.1. The molecule has 0 bridgehead atoms. The number of aliphatic carboxylic acids is 1. The molecule has 0 unspecified atom stereocenters. The first-order valence-electron chi connectivity index (χ1n) is 4.27. The van der Waals surface area contributed by atoms with Gasteiger partial charge in [0, 0.05) is 11.8 Å². The number of carboxylic acid groups (broad SMARTS) is 1. The van der Waals surface area contributed by atoms with Gasteiger partial charge in [-0.3, -0.25) is 4.79 Å². The van der Waals surface area contributed by atoms with Gasteiger partial charge < -0.3 is 5.11 Å². The summed E-state index contributed by atoms with van der Waals surface area (Å²) in [5.41, 5.74) is -0.128. The number of carbonyl (C=O) groups is 1. The highest BCUT2D eigenvalue weighted by atomic mass is 35.5. The van der Waals surface area contributed by atoms with Gasteiger partial charge in [0.25, 0.3) is 0 Å². The van der Waals surface area contributed by atoms with Crippen molar-refractivity contribution < 1.29 is 9.90 Å². The van der Waals surface area contributed by atoms with Crippen molar-refractivity contribution in [1.29, 1.82) is 0 Å². The van der Waals surface area contributed by atoms with Crippen molar-refractivity contribution in [3.63, 3.8) is 0 Å². The van der Waals surface area contributed by atoms with Gasteiger partial charge in [0.05, 0.1) is 5.92 Å². The summed E-state index contributed by atoms with van der Waals surface area (Å²) in [7, 11) is 0. The maximum atomic E-state index is 10.8. The van der Waals surface area contributed by atoms with E-state index in [0.29, 0.717) is 24.6 Å². The summed E-state index contributed by atoms with van der Waals surface area (Å²) < 4.78 is 0. The van der Waals surface area contributed by atoms with Crippen LogP contribution in [0.5, 0.6) is 0 Å². The average molecular weight is 227 g/mol. The standard InChI is InChI=1S/C9H16Cl2O2/c1-9(2,6-11)5-7(3-4-10)8(12)13/h7H,3-6H2,1-2H3,(H,12,13)/t7-/m1/s1. The zero-order valence-electron chi connectivity index (χ0n) is 8.02. The van der Waals surface area contributed by atoms with E-state index >= 15 is 0 Å². The predicted octanol–water partition coefficient (Wildman–Crippen LogP) is 2.97. The molecule has 0 aromatic rings. The summed E-state index contributed by atoms with van der Waals surface area (Å²) in [6, 6.07) is 0. The van der Waals surface area contributed by atoms with Crippen molar-refractivity contribution in [1.82, 2.24) is 0 Å². The zero-order chi connectivity index (χ0) is 10.5. The second-order valence-electron chi connectivity index (χ2n) is 4.01. The fourth-order valence-corrected chi connectivity index (χ4v) is 1.54. The molecule has 0 aliphatic heterocycles. The Balaban J connectivity index is 4.17. The van der Waals surface area contributed by atoms with E-state index in [1.165, 1.54) is 0 Å². The summed E-state index contributed by atoms with van der Waals surface area (Å²) in [5, 5.41) is 8.86. The van der Waals surface area contributed by atoms with Gasteiger partial charge in [-0.05, 0) is 18.3 Å². The lowest BCUT2D eigenvalue weighted by molar-refractivity contribution is -0.142. The van der Waals surface area contributed by atoms with Crippen LogP contribution in [0.1, 0.15) is 26.7 Å². The van der Waals surface area contributed by atoms with E-state index in [4.69, 9.17) is 28.3 Å². The molecule has 0 amide bonds. The SMILES string of the molecule is CC(C)(CCl)C[C@@H](CCCl)C(=O)O. The largest absolute Gasteiger partial charge is 0.481 e. The third-order valence-electron chi connectivity index (χ3n) is 1.97. The summed E-state index contributed by atoms with van der Waals surface area (Å²) in [6.45, 7) is 3.92. The van der Waals surface area contributed by atoms with Crippen molar-refractivity contribution >= 4 is 29.2 Å². The number of hydrogen-bond donors (Lipinski definition) is 1. The molecular formula is C9H16Cl2O2. The summed E-state index contributed by atoms with van der Waals surface area (Å²) in [4.78, 5) is 10.8. The van der Waals surface area contributed by atoms with Gasteiger partial charge in [-0.2, -0.15) is 0 Å². The Kier molecular flexibility index (Phi) is 5.73. The topological polar surface area (TPSA) is 37.3 Å². The van der Waals surface area contributed by atoms with E-state index in [2.05, 4.69) is 0 Å². The van der Waals surface area contributed by atoms with Gasteiger partial charge in [-0.15, -0.1) is 23.2 Å². The van der Waals surface area contributed by atoms with Gasteiger partial charge in [-0.25, -0.2) is 0 Å². The highest BCUT2D eigenvalue weighted by molar-refractivity contribution is 6.18. The molecule has 0 spiro atoms. The second-order valence-corrected chi connectivity index (χ2v) is 4.66. The molecule has 13 heavy (non-hydrogen) atoms. The highest BCUT2D eigenvalue weighted by Gasteiger charge is 2.26. The summed E-state index contributed by atoms with van der Waals surface area (Å²) >= 11 is 11.2. The Bertz CT molecular complexity index is 169. The van der Waals surface area contributed by atoms with Gasteiger partial charge in [0.2, 0.25) is 0 Å². The highest BCUT2D eigenvalue weighted by Crippen LogP contribution is 2.28. The van der Waals surface area contributed by atoms with E-state index in [9.17, 15) is 4.79 Å². The molecule has 78 valence electrons. The molecule has 0 aromatic heterocycles. The molecule has 1 N–H and O–H groups in total. The van der Waals surface area contributed by atoms with E-state index in [-0.39, 0.29) is 11.3 Å². The molecule has 0 aliphatic rings. The maximum Gasteiger partial charge on any atom is 0.306 e. The molecule has 1 atom stereocenters. The van der Waals surface area contributed by atoms with Gasteiger partial charge in [0.1, 0.15) is 0 Å². The second kappa shape index (κ2) is 5.71. The quantitative estimate of drug-likeness (QED) is 0.708. The Hall–Kier alpha value is 0.0500. The van der Waals surface area contributed by atoms with Gasteiger partial charge >= 0.3 is 5.97 Å². The predicted molar refractivity (Wildman–Crippen MR) is 55.6 cm³/mol. The minimum Gasteiger partial charge on any atom is -0.481 e. The molecule has 0 saturated heterocycles. The van der Waals surface area contributed by atoms with Gasteiger partial charge in [0.15, 0.2) is 0 Å². The van der Waals surface area contributed by atoms with Crippen LogP contribution in [0, 0.1) is 11.3 Å². The fraction of sp³-hybridized carbons (Fsp3) is 0.889. The van der Waals surface area contributed by atoms with Crippen molar-refractivity contribution in [3.05, 3.63) is 0 Å². The minimum atomic E-state index is -0.779. The van der Waals surface area contributed by atoms with Gasteiger partial charge in [-0.1, -0.05) is 13.8 Å². The molecule has 0 heterocycles. The maximum absolute atomic E-state index is 10.8. The van der Waals surface area contributed by atoms with Crippen LogP contribution in [0.2, 0.25) is 0 Å².